The van der Waals surface area contributed by atoms with Crippen molar-refractivity contribution in [3.05, 3.63) is 80.9 Å². The van der Waals surface area contributed by atoms with Crippen LogP contribution >= 0.6 is 11.6 Å². The Bertz CT molecular complexity index is 1580. The number of anilines is 1. The summed E-state index contributed by atoms with van der Waals surface area (Å²) in [6.07, 6.45) is 3.37. The molecule has 11 heteroatoms. The lowest BCUT2D eigenvalue weighted by molar-refractivity contribution is -0.117. The van der Waals surface area contributed by atoms with E-state index in [0.29, 0.717) is 56.5 Å². The van der Waals surface area contributed by atoms with Gasteiger partial charge in [0.1, 0.15) is 17.4 Å². The number of rotatable bonds is 8. The zero-order chi connectivity index (χ0) is 29.9. The van der Waals surface area contributed by atoms with Crippen molar-refractivity contribution >= 4 is 46.8 Å². The summed E-state index contributed by atoms with van der Waals surface area (Å²) in [7, 11) is 0. The van der Waals surface area contributed by atoms with E-state index < -0.39 is 6.04 Å². The van der Waals surface area contributed by atoms with Crippen LogP contribution in [0.3, 0.4) is 0 Å². The van der Waals surface area contributed by atoms with E-state index in [4.69, 9.17) is 26.4 Å². The van der Waals surface area contributed by atoms with Crippen molar-refractivity contribution in [2.45, 2.75) is 59.5 Å². The lowest BCUT2D eigenvalue weighted by atomic mass is 9.95. The fraction of sp³-hybridized carbons (Fsp3) is 0.333. The molecule has 1 aliphatic heterocycles. The summed E-state index contributed by atoms with van der Waals surface area (Å²) in [5, 5.41) is 20.5. The number of allylic oxidation sites excluding steroid dienone is 1. The fourth-order valence-electron chi connectivity index (χ4n) is 4.35. The summed E-state index contributed by atoms with van der Waals surface area (Å²) >= 11 is 6.65. The molecule has 0 aliphatic carbocycles. The zero-order valence-corrected chi connectivity index (χ0v) is 24.8. The lowest BCUT2D eigenvalue weighted by Gasteiger charge is -2.27. The Morgan fingerprint density at radius 3 is 2.66 bits per heavy atom. The van der Waals surface area contributed by atoms with Crippen LogP contribution in [0.2, 0.25) is 5.02 Å². The minimum Gasteiger partial charge on any atom is -0.423 e. The van der Waals surface area contributed by atoms with Gasteiger partial charge < -0.3 is 25.8 Å². The molecule has 9 nitrogen and oxygen atoms in total. The van der Waals surface area contributed by atoms with Crippen molar-refractivity contribution in [1.82, 2.24) is 20.9 Å². The van der Waals surface area contributed by atoms with Crippen LogP contribution in [0.15, 0.2) is 62.8 Å². The molecule has 1 aromatic heterocycles. The molecule has 0 spiro atoms. The van der Waals surface area contributed by atoms with Crippen LogP contribution in [0.5, 0.6) is 0 Å². The van der Waals surface area contributed by atoms with Gasteiger partial charge in [0.05, 0.1) is 5.57 Å². The number of hydrogen-bond acceptors (Lipinski definition) is 8. The highest BCUT2D eigenvalue weighted by molar-refractivity contribution is 6.31. The summed E-state index contributed by atoms with van der Waals surface area (Å²) < 4.78 is 20.1. The third kappa shape index (κ3) is 6.94. The minimum atomic E-state index is -0.750. The molecular weight excluding hydrogens is 545 g/mol. The summed E-state index contributed by atoms with van der Waals surface area (Å²) in [4.78, 5) is 22.8. The number of fused-ring (bicyclic) bond motifs is 1. The van der Waals surface area contributed by atoms with Crippen molar-refractivity contribution in [1.29, 1.82) is 5.41 Å². The summed E-state index contributed by atoms with van der Waals surface area (Å²) in [5.41, 5.74) is 4.29. The molecule has 0 radical (unpaired) electrons. The number of aromatic nitrogens is 1. The molecular formula is C30H35ClFN7O2. The van der Waals surface area contributed by atoms with Crippen LogP contribution in [0, 0.1) is 18.2 Å². The summed E-state index contributed by atoms with van der Waals surface area (Å²) in [5.74, 6) is -0.414. The highest BCUT2D eigenvalue weighted by atomic mass is 35.5. The molecule has 41 heavy (non-hydrogen) atoms. The number of carbonyl (C=O) groups excluding carboxylic acids is 1. The SMILES string of the molecule is CCc1c(F)ccc2nc(NC3=NC(c4ccc(C)cc4Cl)C(C(=O)NC/C(C=N)=C/NC(C)(C)C)=C(C)N3)oc12. The van der Waals surface area contributed by atoms with E-state index in [1.54, 1.807) is 19.2 Å². The quantitative estimate of drug-likeness (QED) is 0.211. The molecule has 0 saturated carbocycles. The van der Waals surface area contributed by atoms with Crippen molar-refractivity contribution in [3.8, 4) is 0 Å². The predicted molar refractivity (Wildman–Crippen MR) is 162 cm³/mol. The van der Waals surface area contributed by atoms with Gasteiger partial charge in [0, 0.05) is 51.9 Å². The van der Waals surface area contributed by atoms with Gasteiger partial charge in [-0.3, -0.25) is 10.1 Å². The Hall–Kier alpha value is -4.18. The largest absolute Gasteiger partial charge is 0.423 e. The first-order valence-corrected chi connectivity index (χ1v) is 13.7. The maximum absolute atomic E-state index is 14.3. The molecule has 1 atom stereocenters. The Balaban J connectivity index is 1.65. The normalized spacial score (nSPS) is 15.9. The zero-order valence-electron chi connectivity index (χ0n) is 24.0. The highest BCUT2D eigenvalue weighted by Gasteiger charge is 2.31. The number of hydrogen-bond donors (Lipinski definition) is 5. The van der Waals surface area contributed by atoms with Crippen molar-refractivity contribution in [3.63, 3.8) is 0 Å². The molecule has 1 amide bonds. The second kappa shape index (κ2) is 12.1. The average molecular weight is 580 g/mol. The smallest absolute Gasteiger partial charge is 0.302 e. The van der Waals surface area contributed by atoms with Crippen molar-refractivity contribution in [2.75, 3.05) is 11.9 Å². The van der Waals surface area contributed by atoms with E-state index in [1.165, 1.54) is 12.3 Å². The minimum absolute atomic E-state index is 0.133. The van der Waals surface area contributed by atoms with Gasteiger partial charge in [-0.1, -0.05) is 30.7 Å². The summed E-state index contributed by atoms with van der Waals surface area (Å²) in [6.45, 7) is 11.7. The van der Waals surface area contributed by atoms with Crippen molar-refractivity contribution < 1.29 is 13.6 Å². The van der Waals surface area contributed by atoms with Crippen LogP contribution in [-0.2, 0) is 11.2 Å². The van der Waals surface area contributed by atoms with Gasteiger partial charge in [0.2, 0.25) is 5.96 Å². The van der Waals surface area contributed by atoms with Gasteiger partial charge in [0.15, 0.2) is 5.58 Å². The Kier molecular flexibility index (Phi) is 8.82. The standard InChI is InChI=1S/C30H35ClFN7O2/c1-7-19-22(32)10-11-23-26(19)41-29(37-23)39-28-36-17(3)24(25(38-28)20-9-8-16(2)12-21(20)31)27(40)34-14-18(13-33)15-35-30(4,5)6/h8-13,15,25,33,35H,7,14H2,1-6H3,(H,34,40)(H2,36,37,38,39)/b18-15+,33-13?. The first-order chi connectivity index (χ1) is 19.4. The molecule has 0 bridgehead atoms. The number of benzene rings is 2. The molecule has 2 heterocycles. The van der Waals surface area contributed by atoms with Crippen molar-refractivity contribution in [2.24, 2.45) is 4.99 Å². The highest BCUT2D eigenvalue weighted by Crippen LogP contribution is 2.35. The Morgan fingerprint density at radius 1 is 1.24 bits per heavy atom. The number of halogens is 2. The third-order valence-corrected chi connectivity index (χ3v) is 6.78. The van der Waals surface area contributed by atoms with E-state index in [9.17, 15) is 9.18 Å². The second-order valence-corrected chi connectivity index (χ2v) is 11.3. The molecule has 0 saturated heterocycles. The number of oxazole rings is 1. The average Bonchev–Trinajstić information content (AvgIpc) is 3.30. The number of carbonyl (C=O) groups is 1. The number of aryl methyl sites for hydroxylation is 2. The van der Waals surface area contributed by atoms with E-state index in [0.717, 1.165) is 5.56 Å². The van der Waals surface area contributed by atoms with Crippen LogP contribution in [0.1, 0.15) is 57.4 Å². The Labute approximate surface area is 243 Å². The number of aliphatic imine (C=N–C) groups is 1. The van der Waals surface area contributed by atoms with Gasteiger partial charge in [-0.2, -0.15) is 4.98 Å². The molecule has 1 unspecified atom stereocenters. The van der Waals surface area contributed by atoms with Gasteiger partial charge in [-0.05, 0) is 64.8 Å². The monoisotopic (exact) mass is 579 g/mol. The van der Waals surface area contributed by atoms with E-state index in [-0.39, 0.29) is 29.8 Å². The molecule has 1 aliphatic rings. The number of nitrogens with one attached hydrogen (secondary N) is 5. The second-order valence-electron chi connectivity index (χ2n) is 10.9. The first-order valence-electron chi connectivity index (χ1n) is 13.3. The maximum atomic E-state index is 14.3. The fourth-order valence-corrected chi connectivity index (χ4v) is 4.69. The van der Waals surface area contributed by atoms with Gasteiger partial charge in [-0.25, -0.2) is 9.38 Å². The van der Waals surface area contributed by atoms with Gasteiger partial charge in [0.25, 0.3) is 5.91 Å². The third-order valence-electron chi connectivity index (χ3n) is 6.45. The Morgan fingerprint density at radius 2 is 2.00 bits per heavy atom. The first kappa shape index (κ1) is 29.8. The van der Waals surface area contributed by atoms with Crippen LogP contribution < -0.4 is 21.3 Å². The topological polar surface area (TPSA) is 127 Å². The van der Waals surface area contributed by atoms with Gasteiger partial charge >= 0.3 is 6.01 Å². The lowest BCUT2D eigenvalue weighted by Crippen LogP contribution is -2.39. The molecule has 5 N–H and O–H groups in total. The van der Waals surface area contributed by atoms with Crippen LogP contribution in [-0.4, -0.2) is 35.1 Å². The molecule has 4 rings (SSSR count). The number of nitrogens with zero attached hydrogens (tertiary/aromatic N) is 2. The molecule has 216 valence electrons. The predicted octanol–water partition coefficient (Wildman–Crippen LogP) is 5.92. The molecule has 0 fully saturated rings. The van der Waals surface area contributed by atoms with E-state index in [2.05, 4.69) is 26.3 Å². The summed E-state index contributed by atoms with van der Waals surface area (Å²) in [6, 6.07) is 7.89. The number of amides is 1. The van der Waals surface area contributed by atoms with Crippen LogP contribution in [0.4, 0.5) is 10.4 Å². The van der Waals surface area contributed by atoms with E-state index >= 15 is 0 Å². The van der Waals surface area contributed by atoms with Gasteiger partial charge in [-0.15, -0.1) is 0 Å². The number of guanidine groups is 1. The molecule has 3 aromatic rings. The van der Waals surface area contributed by atoms with E-state index in [1.807, 2.05) is 52.8 Å². The maximum Gasteiger partial charge on any atom is 0.302 e. The molecule has 2 aromatic carbocycles. The van der Waals surface area contributed by atoms with Crippen LogP contribution in [0.25, 0.3) is 11.1 Å².